The van der Waals surface area contributed by atoms with Crippen LogP contribution in [-0.4, -0.2) is 9.97 Å². The van der Waals surface area contributed by atoms with Crippen LogP contribution in [0.25, 0.3) is 0 Å². The third kappa shape index (κ3) is 2.58. The lowest BCUT2D eigenvalue weighted by molar-refractivity contribution is 1.04. The minimum absolute atomic E-state index is 0.338. The molecule has 0 atom stereocenters. The monoisotopic (exact) mass is 258 g/mol. The normalized spacial score (nSPS) is 9.89. The number of hydrogen-bond donors (Lipinski definition) is 1. The van der Waals surface area contributed by atoms with Crippen molar-refractivity contribution in [2.24, 2.45) is 0 Å². The minimum atomic E-state index is 0.338. The highest BCUT2D eigenvalue weighted by Gasteiger charge is 2.05. The molecule has 2 rings (SSSR count). The first-order valence-electron chi connectivity index (χ1n) is 5.38. The molecule has 1 aromatic carbocycles. The standard InChI is InChI=1S/C13H11ClN4/c1-8-11(14)4-3-5-12(8)18-13-6-10(7-15)16-9(2)17-13/h3-6H,1-2H3,(H,16,17,18). The summed E-state index contributed by atoms with van der Waals surface area (Å²) in [6.45, 7) is 3.67. The van der Waals surface area contributed by atoms with E-state index in [0.29, 0.717) is 22.4 Å². The SMILES string of the molecule is Cc1nc(C#N)cc(Nc2cccc(Cl)c2C)n1. The number of aryl methyl sites for hydroxylation is 1. The van der Waals surface area contributed by atoms with Crippen LogP contribution in [0.5, 0.6) is 0 Å². The molecule has 0 aliphatic rings. The summed E-state index contributed by atoms with van der Waals surface area (Å²) < 4.78 is 0. The second-order valence-electron chi connectivity index (χ2n) is 3.83. The summed E-state index contributed by atoms with van der Waals surface area (Å²) in [4.78, 5) is 8.23. The summed E-state index contributed by atoms with van der Waals surface area (Å²) in [5, 5.41) is 12.7. The van der Waals surface area contributed by atoms with Gasteiger partial charge in [0, 0.05) is 16.8 Å². The van der Waals surface area contributed by atoms with Crippen molar-refractivity contribution >= 4 is 23.1 Å². The van der Waals surface area contributed by atoms with Crippen LogP contribution < -0.4 is 5.32 Å². The van der Waals surface area contributed by atoms with E-state index >= 15 is 0 Å². The van der Waals surface area contributed by atoms with Gasteiger partial charge in [0.25, 0.3) is 0 Å². The Bertz CT molecular complexity index is 631. The molecule has 1 heterocycles. The molecular weight excluding hydrogens is 248 g/mol. The average Bonchev–Trinajstić information content (AvgIpc) is 2.34. The van der Waals surface area contributed by atoms with Gasteiger partial charge in [-0.05, 0) is 31.5 Å². The van der Waals surface area contributed by atoms with E-state index in [1.54, 1.807) is 13.0 Å². The first-order valence-corrected chi connectivity index (χ1v) is 5.76. The third-order valence-electron chi connectivity index (χ3n) is 2.48. The number of nitriles is 1. The Morgan fingerprint density at radius 1 is 1.28 bits per heavy atom. The van der Waals surface area contributed by atoms with Gasteiger partial charge in [0.2, 0.25) is 0 Å². The number of nitrogens with zero attached hydrogens (tertiary/aromatic N) is 3. The Hall–Kier alpha value is -2.12. The highest BCUT2D eigenvalue weighted by Crippen LogP contribution is 2.25. The molecule has 2 aromatic rings. The first-order chi connectivity index (χ1) is 8.60. The Morgan fingerprint density at radius 2 is 2.06 bits per heavy atom. The Kier molecular flexibility index (Phi) is 3.45. The molecule has 1 N–H and O–H groups in total. The summed E-state index contributed by atoms with van der Waals surface area (Å²) in [5.41, 5.74) is 2.14. The van der Waals surface area contributed by atoms with Crippen LogP contribution in [-0.2, 0) is 0 Å². The maximum atomic E-state index is 8.86. The van der Waals surface area contributed by atoms with E-state index in [-0.39, 0.29) is 0 Å². The number of hydrogen-bond acceptors (Lipinski definition) is 4. The lowest BCUT2D eigenvalue weighted by atomic mass is 10.2. The van der Waals surface area contributed by atoms with Crippen molar-refractivity contribution < 1.29 is 0 Å². The predicted molar refractivity (Wildman–Crippen MR) is 71.0 cm³/mol. The zero-order chi connectivity index (χ0) is 13.1. The van der Waals surface area contributed by atoms with E-state index in [2.05, 4.69) is 15.3 Å². The number of anilines is 2. The molecule has 0 saturated heterocycles. The molecule has 0 bridgehead atoms. The van der Waals surface area contributed by atoms with Gasteiger partial charge in [0.15, 0.2) is 0 Å². The maximum absolute atomic E-state index is 8.86. The zero-order valence-electron chi connectivity index (χ0n) is 10.0. The molecule has 0 radical (unpaired) electrons. The van der Waals surface area contributed by atoms with Gasteiger partial charge in [-0.2, -0.15) is 5.26 Å². The molecule has 0 saturated carbocycles. The Labute approximate surface area is 110 Å². The molecule has 4 nitrogen and oxygen atoms in total. The molecule has 0 aliphatic carbocycles. The van der Waals surface area contributed by atoms with Crippen LogP contribution >= 0.6 is 11.6 Å². The maximum Gasteiger partial charge on any atom is 0.146 e. The van der Waals surface area contributed by atoms with Gasteiger partial charge in [-0.15, -0.1) is 0 Å². The van der Waals surface area contributed by atoms with Crippen molar-refractivity contribution in [2.75, 3.05) is 5.32 Å². The second-order valence-corrected chi connectivity index (χ2v) is 4.24. The summed E-state index contributed by atoms with van der Waals surface area (Å²) in [5.74, 6) is 1.14. The molecule has 0 aliphatic heterocycles. The van der Waals surface area contributed by atoms with Gasteiger partial charge < -0.3 is 5.32 Å². The second kappa shape index (κ2) is 5.03. The summed E-state index contributed by atoms with van der Waals surface area (Å²) in [6.07, 6.45) is 0. The van der Waals surface area contributed by atoms with Crippen LogP contribution in [0.15, 0.2) is 24.3 Å². The average molecular weight is 259 g/mol. The van der Waals surface area contributed by atoms with Gasteiger partial charge in [0.05, 0.1) is 0 Å². The fourth-order valence-electron chi connectivity index (χ4n) is 1.57. The van der Waals surface area contributed by atoms with Gasteiger partial charge >= 0.3 is 0 Å². The van der Waals surface area contributed by atoms with Crippen LogP contribution in [0.1, 0.15) is 17.1 Å². The molecule has 0 spiro atoms. The van der Waals surface area contributed by atoms with Gasteiger partial charge in [-0.3, -0.25) is 0 Å². The lowest BCUT2D eigenvalue weighted by Crippen LogP contribution is -2.00. The fraction of sp³-hybridized carbons (Fsp3) is 0.154. The van der Waals surface area contributed by atoms with Crippen molar-refractivity contribution in [2.45, 2.75) is 13.8 Å². The van der Waals surface area contributed by atoms with E-state index in [0.717, 1.165) is 11.3 Å². The molecule has 0 amide bonds. The number of halogens is 1. The number of rotatable bonds is 2. The van der Waals surface area contributed by atoms with Crippen molar-refractivity contribution in [3.8, 4) is 6.07 Å². The summed E-state index contributed by atoms with van der Waals surface area (Å²) in [6, 6.07) is 9.20. The molecule has 0 fully saturated rings. The molecule has 90 valence electrons. The smallest absolute Gasteiger partial charge is 0.146 e. The van der Waals surface area contributed by atoms with Crippen molar-refractivity contribution in [3.63, 3.8) is 0 Å². The topological polar surface area (TPSA) is 61.6 Å². The Balaban J connectivity index is 2.37. The van der Waals surface area contributed by atoms with Crippen molar-refractivity contribution in [1.29, 1.82) is 5.26 Å². The summed E-state index contributed by atoms with van der Waals surface area (Å²) >= 11 is 6.04. The number of aromatic nitrogens is 2. The third-order valence-corrected chi connectivity index (χ3v) is 2.89. The molecule has 18 heavy (non-hydrogen) atoms. The quantitative estimate of drug-likeness (QED) is 0.897. The van der Waals surface area contributed by atoms with Gasteiger partial charge in [0.1, 0.15) is 23.4 Å². The van der Waals surface area contributed by atoms with Gasteiger partial charge in [-0.25, -0.2) is 9.97 Å². The first kappa shape index (κ1) is 12.3. The molecular formula is C13H11ClN4. The van der Waals surface area contributed by atoms with E-state index in [1.165, 1.54) is 0 Å². The minimum Gasteiger partial charge on any atom is -0.340 e. The molecule has 0 unspecified atom stereocenters. The van der Waals surface area contributed by atoms with Gasteiger partial charge in [-0.1, -0.05) is 17.7 Å². The van der Waals surface area contributed by atoms with E-state index in [4.69, 9.17) is 16.9 Å². The Morgan fingerprint density at radius 3 is 2.78 bits per heavy atom. The lowest BCUT2D eigenvalue weighted by Gasteiger charge is -2.10. The zero-order valence-corrected chi connectivity index (χ0v) is 10.8. The molecule has 5 heteroatoms. The highest BCUT2D eigenvalue weighted by atomic mass is 35.5. The summed E-state index contributed by atoms with van der Waals surface area (Å²) in [7, 11) is 0. The highest BCUT2D eigenvalue weighted by molar-refractivity contribution is 6.31. The van der Waals surface area contributed by atoms with Crippen LogP contribution in [0.2, 0.25) is 5.02 Å². The fourth-order valence-corrected chi connectivity index (χ4v) is 1.74. The number of nitrogens with one attached hydrogen (secondary N) is 1. The largest absolute Gasteiger partial charge is 0.340 e. The van der Waals surface area contributed by atoms with E-state index in [9.17, 15) is 0 Å². The van der Waals surface area contributed by atoms with Crippen LogP contribution in [0.4, 0.5) is 11.5 Å². The molecule has 1 aromatic heterocycles. The van der Waals surface area contributed by atoms with Crippen molar-refractivity contribution in [3.05, 3.63) is 46.4 Å². The van der Waals surface area contributed by atoms with E-state index in [1.807, 2.05) is 31.2 Å². The van der Waals surface area contributed by atoms with Crippen molar-refractivity contribution in [1.82, 2.24) is 9.97 Å². The number of benzene rings is 1. The predicted octanol–water partition coefficient (Wildman–Crippen LogP) is 3.36. The van der Waals surface area contributed by atoms with Crippen LogP contribution in [0, 0.1) is 25.2 Å². The van der Waals surface area contributed by atoms with E-state index < -0.39 is 0 Å². The van der Waals surface area contributed by atoms with Crippen LogP contribution in [0.3, 0.4) is 0 Å².